The Hall–Kier alpha value is -2.25. The Kier molecular flexibility index (Phi) is 4.50. The number of carbonyl (C=O) groups is 3. The number of hydrogen-bond acceptors (Lipinski definition) is 5. The summed E-state index contributed by atoms with van der Waals surface area (Å²) in [7, 11) is 0. The van der Waals surface area contributed by atoms with Gasteiger partial charge in [-0.25, -0.2) is 4.98 Å². The first kappa shape index (κ1) is 17.2. The number of anilines is 2. The van der Waals surface area contributed by atoms with Gasteiger partial charge in [-0.1, -0.05) is 22.9 Å². The van der Waals surface area contributed by atoms with Gasteiger partial charge in [-0.3, -0.25) is 14.4 Å². The highest BCUT2D eigenvalue weighted by Gasteiger charge is 2.35. The molecule has 0 bridgehead atoms. The number of amides is 2. The second kappa shape index (κ2) is 6.81. The Morgan fingerprint density at radius 3 is 2.73 bits per heavy atom. The fourth-order valence-corrected chi connectivity index (χ4v) is 4.39. The minimum Gasteiger partial charge on any atom is -0.312 e. The minimum atomic E-state index is -0.449. The molecule has 1 aromatic carbocycles. The van der Waals surface area contributed by atoms with E-state index in [9.17, 15) is 14.4 Å². The third-order valence-corrected chi connectivity index (χ3v) is 5.94. The van der Waals surface area contributed by atoms with E-state index in [1.807, 2.05) is 0 Å². The van der Waals surface area contributed by atoms with Gasteiger partial charge in [0.1, 0.15) is 0 Å². The number of Topliss-reactive ketones (excluding diaryl/α,β-unsaturated/α-hetero) is 1. The zero-order valence-electron chi connectivity index (χ0n) is 13.8. The maximum Gasteiger partial charge on any atom is 0.231 e. The van der Waals surface area contributed by atoms with Crippen molar-refractivity contribution in [3.05, 3.63) is 39.9 Å². The average Bonchev–Trinajstić information content (AvgIpc) is 3.20. The molecule has 1 aliphatic carbocycles. The van der Waals surface area contributed by atoms with Crippen molar-refractivity contribution >= 4 is 51.4 Å². The highest BCUT2D eigenvalue weighted by atomic mass is 35.5. The van der Waals surface area contributed by atoms with Crippen LogP contribution in [0.1, 0.15) is 34.6 Å². The number of ketones is 1. The molecular weight excluding hydrogens is 374 g/mol. The summed E-state index contributed by atoms with van der Waals surface area (Å²) in [6.45, 7) is 0.316. The average molecular weight is 390 g/mol. The Morgan fingerprint density at radius 2 is 2.00 bits per heavy atom. The molecule has 0 radical (unpaired) electrons. The van der Waals surface area contributed by atoms with Crippen molar-refractivity contribution in [2.45, 2.75) is 25.7 Å². The van der Waals surface area contributed by atoms with E-state index in [0.29, 0.717) is 28.0 Å². The van der Waals surface area contributed by atoms with Crippen molar-refractivity contribution in [3.63, 3.8) is 0 Å². The fourth-order valence-electron chi connectivity index (χ4n) is 3.28. The number of hydrogen-bond donors (Lipinski definition) is 1. The molecule has 1 aromatic heterocycles. The van der Waals surface area contributed by atoms with Gasteiger partial charge in [0.25, 0.3) is 0 Å². The molecular formula is C18H16ClN3O3S. The molecule has 2 amide bonds. The van der Waals surface area contributed by atoms with Crippen LogP contribution in [0.4, 0.5) is 10.8 Å². The molecule has 0 saturated carbocycles. The number of nitrogens with one attached hydrogen (secondary N) is 1. The number of fused-ring (bicyclic) bond motifs is 1. The van der Waals surface area contributed by atoms with Crippen molar-refractivity contribution < 1.29 is 14.4 Å². The fraction of sp³-hybridized carbons (Fsp3) is 0.333. The van der Waals surface area contributed by atoms with Gasteiger partial charge in [0, 0.05) is 30.1 Å². The Balaban J connectivity index is 1.45. The lowest BCUT2D eigenvalue weighted by molar-refractivity contribution is -0.122. The summed E-state index contributed by atoms with van der Waals surface area (Å²) >= 11 is 7.10. The molecule has 2 aliphatic rings. The second-order valence-electron chi connectivity index (χ2n) is 6.44. The smallest absolute Gasteiger partial charge is 0.231 e. The number of thiazole rings is 1. The molecule has 1 fully saturated rings. The van der Waals surface area contributed by atoms with Gasteiger partial charge in [0.15, 0.2) is 10.9 Å². The number of carbonyl (C=O) groups excluding carboxylic acids is 3. The van der Waals surface area contributed by atoms with Crippen LogP contribution in [0.3, 0.4) is 0 Å². The van der Waals surface area contributed by atoms with Crippen LogP contribution in [0.2, 0.25) is 5.02 Å². The third kappa shape index (κ3) is 3.24. The first-order valence-electron chi connectivity index (χ1n) is 8.41. The van der Waals surface area contributed by atoms with E-state index in [1.54, 1.807) is 29.2 Å². The van der Waals surface area contributed by atoms with Crippen LogP contribution in [0.25, 0.3) is 0 Å². The number of nitrogens with zero attached hydrogens (tertiary/aromatic N) is 2. The third-order valence-electron chi connectivity index (χ3n) is 4.63. The zero-order valence-corrected chi connectivity index (χ0v) is 15.4. The molecule has 0 spiro atoms. The first-order valence-corrected chi connectivity index (χ1v) is 9.60. The molecule has 26 heavy (non-hydrogen) atoms. The van der Waals surface area contributed by atoms with Crippen molar-refractivity contribution in [2.24, 2.45) is 5.92 Å². The van der Waals surface area contributed by atoms with E-state index in [2.05, 4.69) is 10.3 Å². The van der Waals surface area contributed by atoms with Crippen LogP contribution in [0.5, 0.6) is 0 Å². The Bertz CT molecular complexity index is 894. The molecule has 1 atom stereocenters. The normalized spacial score (nSPS) is 19.6. The second-order valence-corrected chi connectivity index (χ2v) is 7.88. The zero-order chi connectivity index (χ0) is 18.3. The van der Waals surface area contributed by atoms with Gasteiger partial charge in [-0.05, 0) is 37.1 Å². The van der Waals surface area contributed by atoms with Gasteiger partial charge < -0.3 is 10.2 Å². The quantitative estimate of drug-likeness (QED) is 0.873. The molecule has 8 heteroatoms. The van der Waals surface area contributed by atoms with E-state index in [1.165, 1.54) is 11.3 Å². The van der Waals surface area contributed by atoms with Crippen LogP contribution in [0.15, 0.2) is 24.3 Å². The summed E-state index contributed by atoms with van der Waals surface area (Å²) in [5.74, 6) is -0.696. The number of aryl methyl sites for hydroxylation is 1. The number of halogens is 1. The highest BCUT2D eigenvalue weighted by Crippen LogP contribution is 2.31. The summed E-state index contributed by atoms with van der Waals surface area (Å²) in [6, 6.07) is 6.96. The van der Waals surface area contributed by atoms with E-state index in [0.717, 1.165) is 24.2 Å². The summed E-state index contributed by atoms with van der Waals surface area (Å²) in [5, 5.41) is 3.81. The first-order chi connectivity index (χ1) is 12.5. The van der Waals surface area contributed by atoms with Gasteiger partial charge in [0.2, 0.25) is 11.8 Å². The van der Waals surface area contributed by atoms with Gasteiger partial charge in [-0.15, -0.1) is 0 Å². The minimum absolute atomic E-state index is 0.0919. The number of rotatable bonds is 3. The SMILES string of the molecule is O=C1CCCc2nc(NC(=O)C3CC(=O)N(c4ccc(Cl)cc4)C3)sc21. The van der Waals surface area contributed by atoms with E-state index in [-0.39, 0.29) is 24.0 Å². The van der Waals surface area contributed by atoms with Gasteiger partial charge in [0.05, 0.1) is 16.5 Å². The van der Waals surface area contributed by atoms with Crippen molar-refractivity contribution in [2.75, 3.05) is 16.8 Å². The lowest BCUT2D eigenvalue weighted by Gasteiger charge is -2.16. The predicted molar refractivity (Wildman–Crippen MR) is 99.9 cm³/mol. The summed E-state index contributed by atoms with van der Waals surface area (Å²) < 4.78 is 0. The van der Waals surface area contributed by atoms with Crippen LogP contribution in [-0.2, 0) is 16.0 Å². The topological polar surface area (TPSA) is 79.4 Å². The van der Waals surface area contributed by atoms with E-state index < -0.39 is 5.92 Å². The molecule has 4 rings (SSSR count). The van der Waals surface area contributed by atoms with Crippen LogP contribution >= 0.6 is 22.9 Å². The molecule has 1 aliphatic heterocycles. The lowest BCUT2D eigenvalue weighted by atomic mass is 10.0. The summed E-state index contributed by atoms with van der Waals surface area (Å²) in [5.41, 5.74) is 1.50. The molecule has 6 nitrogen and oxygen atoms in total. The molecule has 1 N–H and O–H groups in total. The molecule has 2 aromatic rings. The summed E-state index contributed by atoms with van der Waals surface area (Å²) in [6.07, 6.45) is 2.25. The molecule has 1 saturated heterocycles. The van der Waals surface area contributed by atoms with Crippen molar-refractivity contribution in [1.82, 2.24) is 4.98 Å². The molecule has 2 heterocycles. The predicted octanol–water partition coefficient (Wildman–Crippen LogP) is 3.31. The van der Waals surface area contributed by atoms with Crippen molar-refractivity contribution in [1.29, 1.82) is 0 Å². The standard InChI is InChI=1S/C18H16ClN3O3S/c19-11-4-6-12(7-5-11)22-9-10(8-15(22)24)17(25)21-18-20-13-2-1-3-14(23)16(13)26-18/h4-7,10H,1-3,8-9H2,(H,20,21,25). The largest absolute Gasteiger partial charge is 0.312 e. The number of benzene rings is 1. The number of aromatic nitrogens is 1. The summed E-state index contributed by atoms with van der Waals surface area (Å²) in [4.78, 5) is 43.4. The maximum atomic E-state index is 12.6. The molecule has 134 valence electrons. The Morgan fingerprint density at radius 1 is 1.23 bits per heavy atom. The van der Waals surface area contributed by atoms with Crippen LogP contribution in [-0.4, -0.2) is 29.1 Å². The highest BCUT2D eigenvalue weighted by molar-refractivity contribution is 7.17. The van der Waals surface area contributed by atoms with Crippen LogP contribution < -0.4 is 10.2 Å². The maximum absolute atomic E-state index is 12.6. The van der Waals surface area contributed by atoms with E-state index >= 15 is 0 Å². The van der Waals surface area contributed by atoms with Crippen LogP contribution in [0, 0.1) is 5.92 Å². The molecule has 1 unspecified atom stereocenters. The lowest BCUT2D eigenvalue weighted by Crippen LogP contribution is -2.28. The Labute approximate surface area is 159 Å². The monoisotopic (exact) mass is 389 g/mol. The van der Waals surface area contributed by atoms with E-state index in [4.69, 9.17) is 11.6 Å². The van der Waals surface area contributed by atoms with Gasteiger partial charge in [-0.2, -0.15) is 0 Å². The van der Waals surface area contributed by atoms with Crippen molar-refractivity contribution in [3.8, 4) is 0 Å². The van der Waals surface area contributed by atoms with Gasteiger partial charge >= 0.3 is 0 Å².